The number of carboxylic acids is 1. The van der Waals surface area contributed by atoms with Crippen molar-refractivity contribution in [3.05, 3.63) is 0 Å². The van der Waals surface area contributed by atoms with Gasteiger partial charge in [-0.15, -0.1) is 0 Å². The zero-order valence-corrected chi connectivity index (χ0v) is 10.5. The van der Waals surface area contributed by atoms with Crippen LogP contribution in [0.4, 0.5) is 0 Å². The Morgan fingerprint density at radius 1 is 1.38 bits per heavy atom. The Balaban J connectivity index is 1.73. The highest BCUT2D eigenvalue weighted by Crippen LogP contribution is 2.59. The molecule has 2 aliphatic rings. The molecule has 2 fully saturated rings. The summed E-state index contributed by atoms with van der Waals surface area (Å²) in [5, 5.41) is 8.65. The molecular weight excluding hydrogens is 200 g/mol. The molecule has 92 valence electrons. The normalized spacial score (nSPS) is 37.9. The molecule has 1 spiro atoms. The van der Waals surface area contributed by atoms with Crippen molar-refractivity contribution >= 4 is 5.97 Å². The fourth-order valence-electron chi connectivity index (χ4n) is 3.89. The molecule has 0 saturated heterocycles. The first-order chi connectivity index (χ1) is 7.51. The Hall–Kier alpha value is -0.530. The standard InChI is InChI=1S/C14H24O2/c1-10(2)12-5-6-14(9-12)7-11(8-14)3-4-13(15)16/h10-12H,3-9H2,1-2H3,(H,15,16). The third-order valence-electron chi connectivity index (χ3n) is 4.89. The predicted octanol–water partition coefficient (Wildman–Crippen LogP) is 3.70. The summed E-state index contributed by atoms with van der Waals surface area (Å²) >= 11 is 0. The SMILES string of the molecule is CC(C)C1CCC2(CC(CCC(=O)O)C2)C1. The average molecular weight is 224 g/mol. The van der Waals surface area contributed by atoms with Gasteiger partial charge in [0.25, 0.3) is 0 Å². The van der Waals surface area contributed by atoms with Gasteiger partial charge in [-0.3, -0.25) is 4.79 Å². The summed E-state index contributed by atoms with van der Waals surface area (Å²) in [7, 11) is 0. The zero-order valence-electron chi connectivity index (χ0n) is 10.5. The van der Waals surface area contributed by atoms with Crippen LogP contribution in [0.25, 0.3) is 0 Å². The van der Waals surface area contributed by atoms with Gasteiger partial charge in [0.05, 0.1) is 0 Å². The van der Waals surface area contributed by atoms with Crippen molar-refractivity contribution in [1.82, 2.24) is 0 Å². The van der Waals surface area contributed by atoms with E-state index in [0.29, 0.717) is 17.8 Å². The molecule has 0 amide bonds. The lowest BCUT2D eigenvalue weighted by atomic mass is 9.59. The zero-order chi connectivity index (χ0) is 11.8. The molecule has 16 heavy (non-hydrogen) atoms. The van der Waals surface area contributed by atoms with Gasteiger partial charge in [0.1, 0.15) is 0 Å². The number of hydrogen-bond acceptors (Lipinski definition) is 1. The van der Waals surface area contributed by atoms with Crippen LogP contribution in [0, 0.1) is 23.2 Å². The van der Waals surface area contributed by atoms with E-state index in [2.05, 4.69) is 13.8 Å². The molecular formula is C14H24O2. The van der Waals surface area contributed by atoms with Crippen LogP contribution in [0.2, 0.25) is 0 Å². The fraction of sp³-hybridized carbons (Fsp3) is 0.929. The van der Waals surface area contributed by atoms with E-state index in [9.17, 15) is 4.79 Å². The molecule has 0 bridgehead atoms. The largest absolute Gasteiger partial charge is 0.481 e. The predicted molar refractivity (Wildman–Crippen MR) is 64.2 cm³/mol. The second-order valence-electron chi connectivity index (χ2n) is 6.45. The minimum Gasteiger partial charge on any atom is -0.481 e. The second-order valence-corrected chi connectivity index (χ2v) is 6.45. The maximum atomic E-state index is 10.5. The summed E-state index contributed by atoms with van der Waals surface area (Å²) in [6.45, 7) is 4.68. The van der Waals surface area contributed by atoms with Crippen LogP contribution in [-0.4, -0.2) is 11.1 Å². The summed E-state index contributed by atoms with van der Waals surface area (Å²) < 4.78 is 0. The number of hydrogen-bond donors (Lipinski definition) is 1. The molecule has 1 N–H and O–H groups in total. The molecule has 2 rings (SSSR count). The van der Waals surface area contributed by atoms with E-state index >= 15 is 0 Å². The third kappa shape index (κ3) is 2.41. The van der Waals surface area contributed by atoms with E-state index in [0.717, 1.165) is 18.3 Å². The highest BCUT2D eigenvalue weighted by Gasteiger charge is 2.48. The molecule has 1 unspecified atom stereocenters. The number of carboxylic acid groups (broad SMARTS) is 1. The lowest BCUT2D eigenvalue weighted by Crippen LogP contribution is -2.35. The van der Waals surface area contributed by atoms with Gasteiger partial charge in [0.15, 0.2) is 0 Å². The molecule has 2 aliphatic carbocycles. The monoisotopic (exact) mass is 224 g/mol. The van der Waals surface area contributed by atoms with E-state index < -0.39 is 5.97 Å². The van der Waals surface area contributed by atoms with Crippen molar-refractivity contribution in [2.45, 2.75) is 58.8 Å². The van der Waals surface area contributed by atoms with E-state index in [4.69, 9.17) is 5.11 Å². The lowest BCUT2D eigenvalue weighted by molar-refractivity contribution is -0.137. The van der Waals surface area contributed by atoms with E-state index in [1.165, 1.54) is 32.1 Å². The van der Waals surface area contributed by atoms with Gasteiger partial charge in [-0.2, -0.15) is 0 Å². The third-order valence-corrected chi connectivity index (χ3v) is 4.89. The highest BCUT2D eigenvalue weighted by atomic mass is 16.4. The smallest absolute Gasteiger partial charge is 0.303 e. The summed E-state index contributed by atoms with van der Waals surface area (Å²) in [4.78, 5) is 10.5. The first-order valence-corrected chi connectivity index (χ1v) is 6.72. The quantitative estimate of drug-likeness (QED) is 0.790. The van der Waals surface area contributed by atoms with Gasteiger partial charge in [-0.05, 0) is 61.7 Å². The van der Waals surface area contributed by atoms with Gasteiger partial charge in [-0.1, -0.05) is 13.8 Å². The molecule has 2 nitrogen and oxygen atoms in total. The van der Waals surface area contributed by atoms with Crippen LogP contribution >= 0.6 is 0 Å². The molecule has 1 atom stereocenters. The highest BCUT2D eigenvalue weighted by molar-refractivity contribution is 5.66. The van der Waals surface area contributed by atoms with Gasteiger partial charge < -0.3 is 5.11 Å². The van der Waals surface area contributed by atoms with E-state index in [-0.39, 0.29) is 0 Å². The second kappa shape index (κ2) is 4.38. The molecule has 0 aliphatic heterocycles. The van der Waals surface area contributed by atoms with Crippen molar-refractivity contribution in [3.8, 4) is 0 Å². The summed E-state index contributed by atoms with van der Waals surface area (Å²) in [5.74, 6) is 1.84. The molecule has 0 heterocycles. The van der Waals surface area contributed by atoms with Crippen LogP contribution in [0.1, 0.15) is 58.8 Å². The van der Waals surface area contributed by atoms with Crippen molar-refractivity contribution in [1.29, 1.82) is 0 Å². The van der Waals surface area contributed by atoms with Gasteiger partial charge in [0.2, 0.25) is 0 Å². The topological polar surface area (TPSA) is 37.3 Å². The van der Waals surface area contributed by atoms with E-state index in [1.807, 2.05) is 0 Å². The first-order valence-electron chi connectivity index (χ1n) is 6.72. The van der Waals surface area contributed by atoms with Gasteiger partial charge >= 0.3 is 5.97 Å². The molecule has 0 aromatic rings. The molecule has 0 radical (unpaired) electrons. The molecule has 2 heteroatoms. The summed E-state index contributed by atoms with van der Waals surface area (Å²) in [5.41, 5.74) is 0.637. The number of aliphatic carboxylic acids is 1. The minimum atomic E-state index is -0.632. The lowest BCUT2D eigenvalue weighted by Gasteiger charge is -2.46. The summed E-state index contributed by atoms with van der Waals surface area (Å²) in [6, 6.07) is 0. The van der Waals surface area contributed by atoms with Crippen molar-refractivity contribution < 1.29 is 9.90 Å². The fourth-order valence-corrected chi connectivity index (χ4v) is 3.89. The van der Waals surface area contributed by atoms with Crippen molar-refractivity contribution in [2.75, 3.05) is 0 Å². The minimum absolute atomic E-state index is 0.369. The van der Waals surface area contributed by atoms with Crippen LogP contribution < -0.4 is 0 Å². The van der Waals surface area contributed by atoms with Gasteiger partial charge in [-0.25, -0.2) is 0 Å². The Kier molecular flexibility index (Phi) is 3.27. The Morgan fingerprint density at radius 3 is 2.56 bits per heavy atom. The van der Waals surface area contributed by atoms with Crippen molar-refractivity contribution in [2.24, 2.45) is 23.2 Å². The molecule has 0 aromatic heterocycles. The maximum absolute atomic E-state index is 10.5. The van der Waals surface area contributed by atoms with E-state index in [1.54, 1.807) is 0 Å². The number of rotatable bonds is 4. The molecule has 2 saturated carbocycles. The summed E-state index contributed by atoms with van der Waals surface area (Å²) in [6.07, 6.45) is 8.11. The van der Waals surface area contributed by atoms with Crippen LogP contribution in [0.15, 0.2) is 0 Å². The Bertz CT molecular complexity index is 264. The number of carbonyl (C=O) groups is 1. The maximum Gasteiger partial charge on any atom is 0.303 e. The first kappa shape index (κ1) is 11.9. The molecule has 0 aromatic carbocycles. The van der Waals surface area contributed by atoms with Crippen LogP contribution in [0.5, 0.6) is 0 Å². The average Bonchev–Trinajstić information content (AvgIpc) is 2.57. The van der Waals surface area contributed by atoms with Crippen LogP contribution in [-0.2, 0) is 4.79 Å². The Morgan fingerprint density at radius 2 is 2.06 bits per heavy atom. The Labute approximate surface area is 98.4 Å². The van der Waals surface area contributed by atoms with Crippen molar-refractivity contribution in [3.63, 3.8) is 0 Å². The van der Waals surface area contributed by atoms with Gasteiger partial charge in [0, 0.05) is 6.42 Å². The van der Waals surface area contributed by atoms with Crippen LogP contribution in [0.3, 0.4) is 0 Å².